The highest BCUT2D eigenvalue weighted by Crippen LogP contribution is 2.23. The van der Waals surface area contributed by atoms with E-state index in [0.717, 1.165) is 12.8 Å². The van der Waals surface area contributed by atoms with Gasteiger partial charge in [-0.05, 0) is 42.0 Å². The first-order chi connectivity index (χ1) is 9.20. The van der Waals surface area contributed by atoms with Crippen molar-refractivity contribution >= 4 is 12.2 Å². The normalized spacial score (nSPS) is 17.9. The van der Waals surface area contributed by atoms with Gasteiger partial charge in [0, 0.05) is 6.04 Å². The van der Waals surface area contributed by atoms with Crippen molar-refractivity contribution in [2.24, 2.45) is 5.73 Å². The largest absolute Gasteiger partial charge is 0.327 e. The van der Waals surface area contributed by atoms with Crippen molar-refractivity contribution in [2.75, 3.05) is 0 Å². The van der Waals surface area contributed by atoms with E-state index in [1.165, 1.54) is 27.8 Å². The van der Waals surface area contributed by atoms with Crippen LogP contribution in [0, 0.1) is 6.92 Å². The third-order valence-corrected chi connectivity index (χ3v) is 3.74. The summed E-state index contributed by atoms with van der Waals surface area (Å²) in [5.74, 6) is 0. The van der Waals surface area contributed by atoms with Crippen molar-refractivity contribution in [3.63, 3.8) is 0 Å². The smallest absolute Gasteiger partial charge is 0.0120 e. The zero-order valence-electron chi connectivity index (χ0n) is 11.3. The second kappa shape index (κ2) is 5.02. The Kier molecular flexibility index (Phi) is 3.22. The Morgan fingerprint density at radius 3 is 2.32 bits per heavy atom. The maximum absolute atomic E-state index is 6.00. The topological polar surface area (TPSA) is 26.0 Å². The minimum Gasteiger partial charge on any atom is -0.327 e. The molecule has 2 aromatic rings. The highest BCUT2D eigenvalue weighted by atomic mass is 14.6. The molecule has 1 atom stereocenters. The van der Waals surface area contributed by atoms with Gasteiger partial charge in [0.15, 0.2) is 0 Å². The van der Waals surface area contributed by atoms with Crippen LogP contribution in [0.4, 0.5) is 0 Å². The number of nitrogens with two attached hydrogens (primary N) is 1. The van der Waals surface area contributed by atoms with Crippen LogP contribution in [0.15, 0.2) is 42.5 Å². The van der Waals surface area contributed by atoms with E-state index in [9.17, 15) is 0 Å². The quantitative estimate of drug-likeness (QED) is 0.809. The van der Waals surface area contributed by atoms with Gasteiger partial charge in [0.1, 0.15) is 0 Å². The summed E-state index contributed by atoms with van der Waals surface area (Å²) in [6.07, 6.45) is 6.38. The molecule has 3 rings (SSSR count). The second-order valence-corrected chi connectivity index (χ2v) is 5.44. The van der Waals surface area contributed by atoms with Crippen LogP contribution >= 0.6 is 0 Å². The molecule has 0 aliphatic heterocycles. The van der Waals surface area contributed by atoms with Gasteiger partial charge in [0.25, 0.3) is 0 Å². The number of benzene rings is 2. The molecular formula is C18H19N. The second-order valence-electron chi connectivity index (χ2n) is 5.44. The van der Waals surface area contributed by atoms with Crippen LogP contribution in [0.5, 0.6) is 0 Å². The number of fused-ring (bicyclic) bond motifs is 1. The summed E-state index contributed by atoms with van der Waals surface area (Å²) in [7, 11) is 0. The van der Waals surface area contributed by atoms with Crippen LogP contribution < -0.4 is 5.73 Å². The molecule has 0 aromatic heterocycles. The van der Waals surface area contributed by atoms with E-state index in [1.807, 2.05) is 0 Å². The molecule has 0 heterocycles. The van der Waals surface area contributed by atoms with E-state index >= 15 is 0 Å². The lowest BCUT2D eigenvalue weighted by Crippen LogP contribution is -2.18. The summed E-state index contributed by atoms with van der Waals surface area (Å²) in [6, 6.07) is 15.6. The summed E-state index contributed by atoms with van der Waals surface area (Å²) in [5, 5.41) is 0. The van der Waals surface area contributed by atoms with Crippen molar-refractivity contribution in [3.05, 3.63) is 70.3 Å². The van der Waals surface area contributed by atoms with Crippen LogP contribution in [0.2, 0.25) is 0 Å². The molecule has 1 heteroatoms. The SMILES string of the molecule is Cc1ccc(/C=C/c2ccc3c(c2)CC(N)C3)cc1. The molecule has 0 spiro atoms. The average Bonchev–Trinajstić information content (AvgIpc) is 2.77. The molecule has 0 bridgehead atoms. The van der Waals surface area contributed by atoms with Gasteiger partial charge < -0.3 is 5.73 Å². The zero-order chi connectivity index (χ0) is 13.2. The maximum Gasteiger partial charge on any atom is 0.0120 e. The van der Waals surface area contributed by atoms with Crippen molar-refractivity contribution in [1.82, 2.24) is 0 Å². The van der Waals surface area contributed by atoms with Gasteiger partial charge in [0.05, 0.1) is 0 Å². The average molecular weight is 249 g/mol. The van der Waals surface area contributed by atoms with Gasteiger partial charge >= 0.3 is 0 Å². The third-order valence-electron chi connectivity index (χ3n) is 3.74. The summed E-state index contributed by atoms with van der Waals surface area (Å²) in [4.78, 5) is 0. The van der Waals surface area contributed by atoms with Crippen LogP contribution in [-0.4, -0.2) is 6.04 Å². The molecule has 0 fully saturated rings. The monoisotopic (exact) mass is 249 g/mol. The van der Waals surface area contributed by atoms with Crippen LogP contribution in [-0.2, 0) is 12.8 Å². The first-order valence-electron chi connectivity index (χ1n) is 6.83. The Morgan fingerprint density at radius 2 is 1.53 bits per heavy atom. The van der Waals surface area contributed by atoms with Crippen molar-refractivity contribution in [3.8, 4) is 0 Å². The number of aryl methyl sites for hydroxylation is 1. The highest BCUT2D eigenvalue weighted by molar-refractivity contribution is 5.70. The van der Waals surface area contributed by atoms with Gasteiger partial charge in [0.2, 0.25) is 0 Å². The molecule has 0 saturated carbocycles. The summed E-state index contributed by atoms with van der Waals surface area (Å²) >= 11 is 0. The van der Waals surface area contributed by atoms with Gasteiger partial charge in [-0.15, -0.1) is 0 Å². The molecule has 0 saturated heterocycles. The Hall–Kier alpha value is -1.86. The predicted molar refractivity (Wildman–Crippen MR) is 81.9 cm³/mol. The lowest BCUT2D eigenvalue weighted by atomic mass is 10.1. The summed E-state index contributed by atoms with van der Waals surface area (Å²) in [5.41, 5.74) is 12.6. The van der Waals surface area contributed by atoms with Gasteiger partial charge in [-0.1, -0.05) is 60.2 Å². The van der Waals surface area contributed by atoms with Gasteiger partial charge in [-0.2, -0.15) is 0 Å². The molecule has 19 heavy (non-hydrogen) atoms. The van der Waals surface area contributed by atoms with Crippen LogP contribution in [0.25, 0.3) is 12.2 Å². The molecule has 1 aliphatic carbocycles. The number of hydrogen-bond acceptors (Lipinski definition) is 1. The van der Waals surface area contributed by atoms with E-state index in [4.69, 9.17) is 5.73 Å². The molecule has 2 aromatic carbocycles. The summed E-state index contributed by atoms with van der Waals surface area (Å²) in [6.45, 7) is 2.11. The maximum atomic E-state index is 6.00. The highest BCUT2D eigenvalue weighted by Gasteiger charge is 2.17. The van der Waals surface area contributed by atoms with E-state index in [2.05, 4.69) is 61.5 Å². The first-order valence-corrected chi connectivity index (χ1v) is 6.83. The standard InChI is InChI=1S/C18H19N/c1-13-2-4-14(5-3-13)6-7-15-8-9-16-11-18(19)12-17(16)10-15/h2-10,18H,11-12,19H2,1H3/b7-6+. The number of rotatable bonds is 2. The Balaban J connectivity index is 1.80. The lowest BCUT2D eigenvalue weighted by Gasteiger charge is -2.00. The van der Waals surface area contributed by atoms with Crippen molar-refractivity contribution < 1.29 is 0 Å². The molecule has 1 unspecified atom stereocenters. The third kappa shape index (κ3) is 2.77. The van der Waals surface area contributed by atoms with E-state index < -0.39 is 0 Å². The van der Waals surface area contributed by atoms with Crippen molar-refractivity contribution in [2.45, 2.75) is 25.8 Å². The van der Waals surface area contributed by atoms with Crippen LogP contribution in [0.3, 0.4) is 0 Å². The fraction of sp³-hybridized carbons (Fsp3) is 0.222. The summed E-state index contributed by atoms with van der Waals surface area (Å²) < 4.78 is 0. The minimum atomic E-state index is 0.311. The van der Waals surface area contributed by atoms with Crippen molar-refractivity contribution in [1.29, 1.82) is 0 Å². The fourth-order valence-corrected chi connectivity index (χ4v) is 2.65. The Labute approximate surface area is 114 Å². The van der Waals surface area contributed by atoms with Gasteiger partial charge in [-0.3, -0.25) is 0 Å². The van der Waals surface area contributed by atoms with E-state index in [0.29, 0.717) is 6.04 Å². The molecule has 0 radical (unpaired) electrons. The predicted octanol–water partition coefficient (Wildman–Crippen LogP) is 3.59. The Morgan fingerprint density at radius 1 is 0.895 bits per heavy atom. The fourth-order valence-electron chi connectivity index (χ4n) is 2.65. The van der Waals surface area contributed by atoms with E-state index in [-0.39, 0.29) is 0 Å². The molecule has 2 N–H and O–H groups in total. The Bertz CT molecular complexity index is 608. The van der Waals surface area contributed by atoms with E-state index in [1.54, 1.807) is 0 Å². The lowest BCUT2D eigenvalue weighted by molar-refractivity contribution is 0.721. The molecular weight excluding hydrogens is 230 g/mol. The van der Waals surface area contributed by atoms with Gasteiger partial charge in [-0.25, -0.2) is 0 Å². The minimum absolute atomic E-state index is 0.311. The molecule has 1 nitrogen and oxygen atoms in total. The number of hydrogen-bond donors (Lipinski definition) is 1. The molecule has 0 amide bonds. The van der Waals surface area contributed by atoms with Crippen LogP contribution in [0.1, 0.15) is 27.8 Å². The molecule has 96 valence electrons. The first kappa shape index (κ1) is 12.2. The molecule has 1 aliphatic rings. The zero-order valence-corrected chi connectivity index (χ0v) is 11.3.